The van der Waals surface area contributed by atoms with Crippen LogP contribution in [0, 0.1) is 6.92 Å². The fraction of sp³-hybridized carbons (Fsp3) is 0.450. The van der Waals surface area contributed by atoms with E-state index in [4.69, 9.17) is 0 Å². The molecule has 150 valence electrons. The molecule has 6 nitrogen and oxygen atoms in total. The van der Waals surface area contributed by atoms with Crippen molar-refractivity contribution < 1.29 is 9.59 Å². The van der Waals surface area contributed by atoms with Gasteiger partial charge in [0.15, 0.2) is 0 Å². The maximum Gasteiger partial charge on any atom is 0.251 e. The SMILES string of the molecule is CC(=O)N1CCN(CCNC(=O)c2ccc(CSc3nc(C)cs3)cc2)CC1. The third-order valence-corrected chi connectivity index (χ3v) is 6.92. The van der Waals surface area contributed by atoms with Crippen molar-refractivity contribution in [2.24, 2.45) is 0 Å². The Kier molecular flexibility index (Phi) is 7.47. The Morgan fingerprint density at radius 3 is 2.50 bits per heavy atom. The summed E-state index contributed by atoms with van der Waals surface area (Å²) in [7, 11) is 0. The van der Waals surface area contributed by atoms with Crippen molar-refractivity contribution in [3.8, 4) is 0 Å². The summed E-state index contributed by atoms with van der Waals surface area (Å²) in [5, 5.41) is 5.04. The molecule has 2 aromatic rings. The predicted octanol–water partition coefficient (Wildman–Crippen LogP) is 2.64. The first-order chi connectivity index (χ1) is 13.5. The van der Waals surface area contributed by atoms with E-state index >= 15 is 0 Å². The van der Waals surface area contributed by atoms with Crippen LogP contribution in [0.1, 0.15) is 28.5 Å². The molecule has 2 heterocycles. The molecule has 0 radical (unpaired) electrons. The quantitative estimate of drug-likeness (QED) is 0.701. The second-order valence-electron chi connectivity index (χ2n) is 6.84. The van der Waals surface area contributed by atoms with Gasteiger partial charge in [-0.25, -0.2) is 4.98 Å². The summed E-state index contributed by atoms with van der Waals surface area (Å²) in [5.41, 5.74) is 2.92. The number of carbonyl (C=O) groups is 2. The van der Waals surface area contributed by atoms with E-state index in [1.807, 2.05) is 36.1 Å². The molecule has 0 unspecified atom stereocenters. The number of benzene rings is 1. The van der Waals surface area contributed by atoms with Gasteiger partial charge >= 0.3 is 0 Å². The van der Waals surface area contributed by atoms with Crippen LogP contribution in [0.15, 0.2) is 34.0 Å². The Balaban J connectivity index is 1.38. The molecule has 0 saturated carbocycles. The molecule has 0 bridgehead atoms. The number of amides is 2. The Morgan fingerprint density at radius 1 is 1.18 bits per heavy atom. The van der Waals surface area contributed by atoms with Crippen molar-refractivity contribution >= 4 is 34.9 Å². The number of hydrogen-bond donors (Lipinski definition) is 1. The zero-order valence-electron chi connectivity index (χ0n) is 16.3. The van der Waals surface area contributed by atoms with Crippen LogP contribution < -0.4 is 5.32 Å². The molecule has 1 fully saturated rings. The summed E-state index contributed by atoms with van der Waals surface area (Å²) in [6.45, 7) is 8.28. The van der Waals surface area contributed by atoms with Crippen LogP contribution in [-0.4, -0.2) is 65.9 Å². The number of hydrogen-bond acceptors (Lipinski definition) is 6. The van der Waals surface area contributed by atoms with E-state index in [0.717, 1.165) is 48.5 Å². The van der Waals surface area contributed by atoms with Gasteiger partial charge < -0.3 is 10.2 Å². The van der Waals surface area contributed by atoms with Gasteiger partial charge in [0, 0.05) is 68.6 Å². The highest BCUT2D eigenvalue weighted by atomic mass is 32.2. The van der Waals surface area contributed by atoms with E-state index in [1.165, 1.54) is 5.56 Å². The van der Waals surface area contributed by atoms with E-state index in [9.17, 15) is 9.59 Å². The highest BCUT2D eigenvalue weighted by Gasteiger charge is 2.18. The van der Waals surface area contributed by atoms with E-state index in [-0.39, 0.29) is 11.8 Å². The van der Waals surface area contributed by atoms with Gasteiger partial charge in [-0.2, -0.15) is 0 Å². The van der Waals surface area contributed by atoms with Gasteiger partial charge in [-0.3, -0.25) is 14.5 Å². The molecule has 1 aliphatic rings. The highest BCUT2D eigenvalue weighted by Crippen LogP contribution is 2.26. The lowest BCUT2D eigenvalue weighted by Crippen LogP contribution is -2.49. The summed E-state index contributed by atoms with van der Waals surface area (Å²) < 4.78 is 1.07. The smallest absolute Gasteiger partial charge is 0.251 e. The highest BCUT2D eigenvalue weighted by molar-refractivity contribution is 8.00. The van der Waals surface area contributed by atoms with Gasteiger partial charge in [-0.1, -0.05) is 23.9 Å². The van der Waals surface area contributed by atoms with E-state index < -0.39 is 0 Å². The van der Waals surface area contributed by atoms with Crippen LogP contribution in [0.3, 0.4) is 0 Å². The lowest BCUT2D eigenvalue weighted by atomic mass is 10.1. The molecule has 1 N–H and O–H groups in total. The lowest BCUT2D eigenvalue weighted by Gasteiger charge is -2.34. The molecule has 28 heavy (non-hydrogen) atoms. The van der Waals surface area contributed by atoms with Crippen molar-refractivity contribution in [2.45, 2.75) is 23.9 Å². The molecular formula is C20H26N4O2S2. The van der Waals surface area contributed by atoms with Crippen LogP contribution >= 0.6 is 23.1 Å². The first-order valence-corrected chi connectivity index (χ1v) is 11.3. The van der Waals surface area contributed by atoms with Gasteiger partial charge in [0.25, 0.3) is 5.91 Å². The molecule has 1 saturated heterocycles. The second-order valence-corrected chi connectivity index (χ2v) is 8.92. The third kappa shape index (κ3) is 6.05. The Bertz CT molecular complexity index is 799. The lowest BCUT2D eigenvalue weighted by molar-refractivity contribution is -0.130. The second kappa shape index (κ2) is 10.0. The van der Waals surface area contributed by atoms with Crippen molar-refractivity contribution in [2.75, 3.05) is 39.3 Å². The number of aromatic nitrogens is 1. The molecule has 2 amide bonds. The zero-order chi connectivity index (χ0) is 19.9. The Hall–Kier alpha value is -1.90. The number of nitrogens with one attached hydrogen (secondary N) is 1. The largest absolute Gasteiger partial charge is 0.351 e. The molecule has 1 aromatic heterocycles. The van der Waals surface area contributed by atoms with Crippen LogP contribution in [0.5, 0.6) is 0 Å². The number of thiazole rings is 1. The standard InChI is InChI=1S/C20H26N4O2S2/c1-15-13-27-20(22-15)28-14-17-3-5-18(6-4-17)19(26)21-7-8-23-9-11-24(12-10-23)16(2)25/h3-6,13H,7-12,14H2,1-2H3,(H,21,26). The van der Waals surface area contributed by atoms with Crippen molar-refractivity contribution in [1.29, 1.82) is 0 Å². The van der Waals surface area contributed by atoms with Crippen LogP contribution in [-0.2, 0) is 10.5 Å². The van der Waals surface area contributed by atoms with Gasteiger partial charge in [0.05, 0.1) is 0 Å². The van der Waals surface area contributed by atoms with Gasteiger partial charge in [0.2, 0.25) is 5.91 Å². The molecular weight excluding hydrogens is 392 g/mol. The molecule has 3 rings (SSSR count). The van der Waals surface area contributed by atoms with Crippen molar-refractivity contribution in [3.63, 3.8) is 0 Å². The topological polar surface area (TPSA) is 65.5 Å². The number of nitrogens with zero attached hydrogens (tertiary/aromatic N) is 3. The van der Waals surface area contributed by atoms with Gasteiger partial charge in [-0.05, 0) is 24.6 Å². The Labute approximate surface area is 174 Å². The first kappa shape index (κ1) is 20.8. The third-order valence-electron chi connectivity index (χ3n) is 4.71. The van der Waals surface area contributed by atoms with Crippen LogP contribution in [0.4, 0.5) is 0 Å². The number of aryl methyl sites for hydroxylation is 1. The van der Waals surface area contributed by atoms with Crippen molar-refractivity contribution in [3.05, 3.63) is 46.5 Å². The zero-order valence-corrected chi connectivity index (χ0v) is 17.9. The van der Waals surface area contributed by atoms with Gasteiger partial charge in [-0.15, -0.1) is 11.3 Å². The minimum atomic E-state index is -0.0443. The fourth-order valence-electron chi connectivity index (χ4n) is 3.01. The molecule has 1 aliphatic heterocycles. The van der Waals surface area contributed by atoms with E-state index in [1.54, 1.807) is 30.0 Å². The maximum absolute atomic E-state index is 12.3. The average Bonchev–Trinajstić information content (AvgIpc) is 3.12. The first-order valence-electron chi connectivity index (χ1n) is 9.41. The molecule has 0 atom stereocenters. The summed E-state index contributed by atoms with van der Waals surface area (Å²) >= 11 is 3.38. The van der Waals surface area contributed by atoms with Crippen LogP contribution in [0.2, 0.25) is 0 Å². The maximum atomic E-state index is 12.3. The van der Waals surface area contributed by atoms with Gasteiger partial charge in [0.1, 0.15) is 4.34 Å². The molecule has 0 spiro atoms. The Morgan fingerprint density at radius 2 is 1.89 bits per heavy atom. The average molecular weight is 419 g/mol. The number of carbonyl (C=O) groups excluding carboxylic acids is 2. The summed E-state index contributed by atoms with van der Waals surface area (Å²) in [5.74, 6) is 0.940. The molecule has 0 aliphatic carbocycles. The number of piperazine rings is 1. The number of rotatable bonds is 7. The minimum Gasteiger partial charge on any atom is -0.351 e. The molecule has 1 aromatic carbocycles. The summed E-state index contributed by atoms with van der Waals surface area (Å²) in [4.78, 5) is 32.3. The minimum absolute atomic E-state index is 0.0443. The van der Waals surface area contributed by atoms with E-state index in [2.05, 4.69) is 20.6 Å². The monoisotopic (exact) mass is 418 g/mol. The molecule has 8 heteroatoms. The summed E-state index contributed by atoms with van der Waals surface area (Å²) in [6.07, 6.45) is 0. The fourth-order valence-corrected chi connectivity index (χ4v) is 4.82. The van der Waals surface area contributed by atoms with Crippen molar-refractivity contribution in [1.82, 2.24) is 20.1 Å². The number of thioether (sulfide) groups is 1. The van der Waals surface area contributed by atoms with E-state index in [0.29, 0.717) is 12.1 Å². The van der Waals surface area contributed by atoms with Crippen LogP contribution in [0.25, 0.3) is 0 Å². The normalized spacial score (nSPS) is 14.9. The summed E-state index contributed by atoms with van der Waals surface area (Å²) in [6, 6.07) is 7.76. The predicted molar refractivity (Wildman–Crippen MR) is 114 cm³/mol.